The topological polar surface area (TPSA) is 46.5 Å². The van der Waals surface area contributed by atoms with Gasteiger partial charge in [0.25, 0.3) is 0 Å². The van der Waals surface area contributed by atoms with Crippen LogP contribution >= 0.6 is 11.6 Å². The van der Waals surface area contributed by atoms with Crippen molar-refractivity contribution in [3.8, 4) is 0 Å². The van der Waals surface area contributed by atoms with Crippen LogP contribution in [0.5, 0.6) is 0 Å². The quantitative estimate of drug-likeness (QED) is 0.479. The molecular formula is C7H11ClO3. The molecule has 0 aliphatic carbocycles. The summed E-state index contributed by atoms with van der Waals surface area (Å²) in [4.78, 5) is 10.1. The summed E-state index contributed by atoms with van der Waals surface area (Å²) in [6, 6.07) is 0. The largest absolute Gasteiger partial charge is 0.436 e. The number of cyclic esters (lactones) is 1. The van der Waals surface area contributed by atoms with E-state index in [-0.39, 0.29) is 18.3 Å². The van der Waals surface area contributed by atoms with Gasteiger partial charge in [0.15, 0.2) is 0 Å². The standard InChI is InChI=1S/C7H11ClO3/c1-7(2,8)4-3-5(9)11-6(4)10/h4,6,10H,3H2,1-2H3. The number of hydrogen-bond acceptors (Lipinski definition) is 3. The van der Waals surface area contributed by atoms with E-state index in [9.17, 15) is 4.79 Å². The molecule has 0 amide bonds. The molecule has 1 N–H and O–H groups in total. The zero-order valence-electron chi connectivity index (χ0n) is 6.50. The third kappa shape index (κ3) is 1.84. The van der Waals surface area contributed by atoms with Crippen molar-refractivity contribution in [3.63, 3.8) is 0 Å². The van der Waals surface area contributed by atoms with E-state index < -0.39 is 11.2 Å². The van der Waals surface area contributed by atoms with Crippen molar-refractivity contribution < 1.29 is 14.6 Å². The number of aliphatic hydroxyl groups excluding tert-OH is 1. The number of carbonyl (C=O) groups excluding carboxylic acids is 1. The molecule has 0 aromatic carbocycles. The van der Waals surface area contributed by atoms with Crippen molar-refractivity contribution in [1.29, 1.82) is 0 Å². The third-order valence-corrected chi connectivity index (χ3v) is 2.15. The molecule has 1 saturated heterocycles. The van der Waals surface area contributed by atoms with Crippen LogP contribution in [-0.2, 0) is 9.53 Å². The van der Waals surface area contributed by atoms with Gasteiger partial charge in [0.05, 0.1) is 12.3 Å². The van der Waals surface area contributed by atoms with Gasteiger partial charge in [-0.15, -0.1) is 11.6 Å². The van der Waals surface area contributed by atoms with Crippen molar-refractivity contribution in [2.75, 3.05) is 0 Å². The summed E-state index contributed by atoms with van der Waals surface area (Å²) in [5.74, 6) is -0.673. The molecule has 0 aromatic rings. The minimum Gasteiger partial charge on any atom is -0.436 e. The molecule has 11 heavy (non-hydrogen) atoms. The van der Waals surface area contributed by atoms with Gasteiger partial charge in [0, 0.05) is 4.87 Å². The molecule has 1 aliphatic rings. The van der Waals surface area contributed by atoms with Crippen molar-refractivity contribution in [3.05, 3.63) is 0 Å². The molecule has 2 atom stereocenters. The first kappa shape index (κ1) is 8.81. The molecule has 64 valence electrons. The lowest BCUT2D eigenvalue weighted by molar-refractivity contribution is -0.156. The molecule has 0 bridgehead atoms. The van der Waals surface area contributed by atoms with Gasteiger partial charge in [-0.1, -0.05) is 0 Å². The fraction of sp³-hybridized carbons (Fsp3) is 0.857. The number of ether oxygens (including phenoxy) is 1. The van der Waals surface area contributed by atoms with Crippen LogP contribution in [0.4, 0.5) is 0 Å². The highest BCUT2D eigenvalue weighted by Gasteiger charge is 2.42. The molecule has 0 aromatic heterocycles. The van der Waals surface area contributed by atoms with Crippen LogP contribution in [0.15, 0.2) is 0 Å². The lowest BCUT2D eigenvalue weighted by atomic mass is 9.93. The lowest BCUT2D eigenvalue weighted by Gasteiger charge is -2.23. The predicted molar refractivity (Wildman–Crippen MR) is 40.1 cm³/mol. The Labute approximate surface area is 70.3 Å². The highest BCUT2D eigenvalue weighted by atomic mass is 35.5. The number of rotatable bonds is 1. The Bertz CT molecular complexity index is 173. The molecule has 1 heterocycles. The Balaban J connectivity index is 2.67. The Hall–Kier alpha value is -0.280. The van der Waals surface area contributed by atoms with Crippen LogP contribution in [0.3, 0.4) is 0 Å². The second-order valence-electron chi connectivity index (χ2n) is 3.26. The number of halogens is 1. The molecule has 0 saturated carbocycles. The van der Waals surface area contributed by atoms with Gasteiger partial charge >= 0.3 is 5.97 Å². The highest BCUT2D eigenvalue weighted by molar-refractivity contribution is 6.23. The molecule has 1 aliphatic heterocycles. The van der Waals surface area contributed by atoms with Gasteiger partial charge in [0.2, 0.25) is 6.29 Å². The number of esters is 1. The van der Waals surface area contributed by atoms with Gasteiger partial charge in [0.1, 0.15) is 0 Å². The third-order valence-electron chi connectivity index (χ3n) is 1.86. The van der Waals surface area contributed by atoms with Crippen molar-refractivity contribution >= 4 is 17.6 Å². The number of alkyl halides is 1. The molecule has 1 fully saturated rings. The summed E-state index contributed by atoms with van der Waals surface area (Å²) in [6.07, 6.45) is -0.826. The fourth-order valence-corrected chi connectivity index (χ4v) is 1.31. The van der Waals surface area contributed by atoms with Crippen LogP contribution in [-0.4, -0.2) is 22.2 Å². The van der Waals surface area contributed by atoms with E-state index in [1.807, 2.05) is 0 Å². The summed E-state index contributed by atoms with van der Waals surface area (Å²) >= 11 is 5.91. The van der Waals surface area contributed by atoms with Gasteiger partial charge < -0.3 is 9.84 Å². The van der Waals surface area contributed by atoms with Gasteiger partial charge in [-0.2, -0.15) is 0 Å². The van der Waals surface area contributed by atoms with Crippen LogP contribution < -0.4 is 0 Å². The predicted octanol–water partition coefficient (Wildman–Crippen LogP) is 0.885. The molecule has 1 rings (SSSR count). The first-order valence-corrected chi connectivity index (χ1v) is 3.85. The first-order chi connectivity index (χ1) is 4.91. The summed E-state index contributed by atoms with van der Waals surface area (Å²) in [5, 5.41) is 9.17. The minimum absolute atomic E-state index is 0.206. The van der Waals surface area contributed by atoms with E-state index >= 15 is 0 Å². The number of carbonyl (C=O) groups is 1. The van der Waals surface area contributed by atoms with Crippen molar-refractivity contribution in [1.82, 2.24) is 0 Å². The average Bonchev–Trinajstić information content (AvgIpc) is 2.08. The molecule has 4 heteroatoms. The SMILES string of the molecule is CC(C)(Cl)C1CC(=O)OC1O. The average molecular weight is 179 g/mol. The van der Waals surface area contributed by atoms with Crippen molar-refractivity contribution in [2.24, 2.45) is 5.92 Å². The van der Waals surface area contributed by atoms with E-state index in [0.717, 1.165) is 0 Å². The zero-order chi connectivity index (χ0) is 8.65. The van der Waals surface area contributed by atoms with E-state index in [1.165, 1.54) is 0 Å². The monoisotopic (exact) mass is 178 g/mol. The van der Waals surface area contributed by atoms with Crippen LogP contribution in [0.25, 0.3) is 0 Å². The maximum Gasteiger partial charge on any atom is 0.308 e. The van der Waals surface area contributed by atoms with Crippen LogP contribution in [0.1, 0.15) is 20.3 Å². The lowest BCUT2D eigenvalue weighted by Crippen LogP contribution is -2.31. The number of hydrogen-bond donors (Lipinski definition) is 1. The second kappa shape index (κ2) is 2.64. The smallest absolute Gasteiger partial charge is 0.308 e. The van der Waals surface area contributed by atoms with Gasteiger partial charge in [-0.05, 0) is 13.8 Å². The molecule has 0 radical (unpaired) electrons. The van der Waals surface area contributed by atoms with E-state index in [0.29, 0.717) is 0 Å². The molecule has 3 nitrogen and oxygen atoms in total. The molecule has 2 unspecified atom stereocenters. The minimum atomic E-state index is -1.03. The Morgan fingerprint density at radius 1 is 1.73 bits per heavy atom. The number of aliphatic hydroxyl groups is 1. The summed E-state index contributed by atoms with van der Waals surface area (Å²) in [5.41, 5.74) is 0. The maximum absolute atomic E-state index is 10.7. The van der Waals surface area contributed by atoms with E-state index in [2.05, 4.69) is 4.74 Å². The van der Waals surface area contributed by atoms with E-state index in [1.54, 1.807) is 13.8 Å². The first-order valence-electron chi connectivity index (χ1n) is 3.47. The molecule has 0 spiro atoms. The Morgan fingerprint density at radius 2 is 2.27 bits per heavy atom. The zero-order valence-corrected chi connectivity index (χ0v) is 7.26. The Morgan fingerprint density at radius 3 is 2.45 bits per heavy atom. The highest BCUT2D eigenvalue weighted by Crippen LogP contribution is 2.34. The van der Waals surface area contributed by atoms with Gasteiger partial charge in [-0.25, -0.2) is 0 Å². The van der Waals surface area contributed by atoms with Crippen LogP contribution in [0, 0.1) is 5.92 Å². The Kier molecular flexibility index (Phi) is 2.12. The second-order valence-corrected chi connectivity index (χ2v) is 4.23. The fourth-order valence-electron chi connectivity index (χ4n) is 1.13. The maximum atomic E-state index is 10.7. The van der Waals surface area contributed by atoms with Crippen molar-refractivity contribution in [2.45, 2.75) is 31.4 Å². The summed E-state index contributed by atoms with van der Waals surface area (Å²) in [7, 11) is 0. The normalized spacial score (nSPS) is 32.2. The summed E-state index contributed by atoms with van der Waals surface area (Å²) in [6.45, 7) is 3.51. The summed E-state index contributed by atoms with van der Waals surface area (Å²) < 4.78 is 4.53. The molecular weight excluding hydrogens is 168 g/mol. The van der Waals surface area contributed by atoms with Crippen LogP contribution in [0.2, 0.25) is 0 Å². The van der Waals surface area contributed by atoms with Gasteiger partial charge in [-0.3, -0.25) is 4.79 Å². The van der Waals surface area contributed by atoms with E-state index in [4.69, 9.17) is 16.7 Å².